The predicted octanol–water partition coefficient (Wildman–Crippen LogP) is 2.58. The number of nitrogens with zero attached hydrogens (tertiary/aromatic N) is 4. The number of hydrogen-bond donors (Lipinski definition) is 1. The van der Waals surface area contributed by atoms with Crippen LogP contribution < -0.4 is 10.2 Å². The lowest BCUT2D eigenvalue weighted by Crippen LogP contribution is -2.51. The lowest BCUT2D eigenvalue weighted by Gasteiger charge is -2.35. The molecule has 0 saturated carbocycles. The third-order valence-electron chi connectivity index (χ3n) is 5.18. The quantitative estimate of drug-likeness (QED) is 0.721. The first-order chi connectivity index (χ1) is 14.2. The van der Waals surface area contributed by atoms with Crippen molar-refractivity contribution in [2.45, 2.75) is 6.92 Å². The van der Waals surface area contributed by atoms with Gasteiger partial charge in [0.25, 0.3) is 0 Å². The highest BCUT2D eigenvalue weighted by molar-refractivity contribution is 5.81. The summed E-state index contributed by atoms with van der Waals surface area (Å²) in [4.78, 5) is 25.7. The van der Waals surface area contributed by atoms with E-state index in [0.29, 0.717) is 38.7 Å². The number of piperazine rings is 1. The van der Waals surface area contributed by atoms with E-state index in [0.717, 1.165) is 22.4 Å². The highest BCUT2D eigenvalue weighted by Gasteiger charge is 2.23. The van der Waals surface area contributed by atoms with Gasteiger partial charge in [-0.25, -0.2) is 9.97 Å². The van der Waals surface area contributed by atoms with E-state index in [9.17, 15) is 4.79 Å². The first-order valence-electron chi connectivity index (χ1n) is 9.79. The number of hydrogen-bond acceptors (Lipinski definition) is 6. The molecule has 1 aromatic carbocycles. The molecule has 150 valence electrons. The highest BCUT2D eigenvalue weighted by atomic mass is 16.3. The minimum Gasteiger partial charge on any atom is -0.472 e. The SMILES string of the molecule is CNCC(=O)N1CCN(c2ncc(-c3ccoc3)c(-c3ccc(C)cc3)n2)CC1. The summed E-state index contributed by atoms with van der Waals surface area (Å²) in [5.41, 5.74) is 5.02. The van der Waals surface area contributed by atoms with Crippen LogP contribution in [0.2, 0.25) is 0 Å². The van der Waals surface area contributed by atoms with E-state index in [4.69, 9.17) is 9.40 Å². The van der Waals surface area contributed by atoms with E-state index in [1.54, 1.807) is 19.6 Å². The summed E-state index contributed by atoms with van der Waals surface area (Å²) in [7, 11) is 1.79. The Morgan fingerprint density at radius 3 is 2.52 bits per heavy atom. The number of benzene rings is 1. The molecule has 3 heterocycles. The van der Waals surface area contributed by atoms with Crippen molar-refractivity contribution in [3.63, 3.8) is 0 Å². The predicted molar refractivity (Wildman–Crippen MR) is 113 cm³/mol. The number of carbonyl (C=O) groups excluding carboxylic acids is 1. The molecule has 2 aromatic heterocycles. The van der Waals surface area contributed by atoms with Crippen LogP contribution >= 0.6 is 0 Å². The topological polar surface area (TPSA) is 74.5 Å². The van der Waals surface area contributed by atoms with Crippen LogP contribution in [0.1, 0.15) is 5.56 Å². The number of rotatable bonds is 5. The van der Waals surface area contributed by atoms with Crippen molar-refractivity contribution in [2.24, 2.45) is 0 Å². The maximum Gasteiger partial charge on any atom is 0.236 e. The second kappa shape index (κ2) is 8.45. The molecule has 0 radical (unpaired) electrons. The van der Waals surface area contributed by atoms with E-state index in [1.807, 2.05) is 17.2 Å². The lowest BCUT2D eigenvalue weighted by molar-refractivity contribution is -0.130. The Kier molecular flexibility index (Phi) is 5.57. The second-order valence-electron chi connectivity index (χ2n) is 7.21. The van der Waals surface area contributed by atoms with Crippen molar-refractivity contribution in [3.8, 4) is 22.4 Å². The highest BCUT2D eigenvalue weighted by Crippen LogP contribution is 2.32. The minimum absolute atomic E-state index is 0.128. The zero-order chi connectivity index (χ0) is 20.2. The average molecular weight is 391 g/mol. The fourth-order valence-corrected chi connectivity index (χ4v) is 3.50. The molecule has 29 heavy (non-hydrogen) atoms. The summed E-state index contributed by atoms with van der Waals surface area (Å²) < 4.78 is 5.27. The average Bonchev–Trinajstić information content (AvgIpc) is 3.29. The van der Waals surface area contributed by atoms with Crippen molar-refractivity contribution < 1.29 is 9.21 Å². The largest absolute Gasteiger partial charge is 0.472 e. The van der Waals surface area contributed by atoms with Crippen molar-refractivity contribution >= 4 is 11.9 Å². The van der Waals surface area contributed by atoms with Crippen molar-refractivity contribution in [2.75, 3.05) is 44.7 Å². The van der Waals surface area contributed by atoms with Crippen molar-refractivity contribution in [1.29, 1.82) is 0 Å². The van der Waals surface area contributed by atoms with E-state index in [-0.39, 0.29) is 5.91 Å². The number of amides is 1. The molecule has 7 nitrogen and oxygen atoms in total. The van der Waals surface area contributed by atoms with Gasteiger partial charge in [-0.1, -0.05) is 29.8 Å². The molecule has 1 saturated heterocycles. The maximum absolute atomic E-state index is 12.1. The summed E-state index contributed by atoms with van der Waals surface area (Å²) in [5.74, 6) is 0.817. The second-order valence-corrected chi connectivity index (χ2v) is 7.21. The van der Waals surface area contributed by atoms with Crippen LogP contribution in [-0.4, -0.2) is 60.5 Å². The number of furan rings is 1. The molecule has 1 aliphatic rings. The minimum atomic E-state index is 0.128. The van der Waals surface area contributed by atoms with Crippen LogP contribution in [0, 0.1) is 6.92 Å². The lowest BCUT2D eigenvalue weighted by atomic mass is 10.0. The number of anilines is 1. The van der Waals surface area contributed by atoms with Gasteiger partial charge in [0.15, 0.2) is 0 Å². The zero-order valence-electron chi connectivity index (χ0n) is 16.8. The number of likely N-dealkylation sites (N-methyl/N-ethyl adjacent to an activating group) is 1. The Balaban J connectivity index is 1.62. The summed E-state index contributed by atoms with van der Waals surface area (Å²) >= 11 is 0. The zero-order valence-corrected chi connectivity index (χ0v) is 16.8. The van der Waals surface area contributed by atoms with Crippen LogP contribution in [0.4, 0.5) is 5.95 Å². The third-order valence-corrected chi connectivity index (χ3v) is 5.18. The molecular weight excluding hydrogens is 366 g/mol. The molecule has 1 amide bonds. The van der Waals surface area contributed by atoms with Crippen LogP contribution in [0.3, 0.4) is 0 Å². The summed E-state index contributed by atoms with van der Waals surface area (Å²) in [5, 5.41) is 2.92. The Morgan fingerprint density at radius 2 is 1.86 bits per heavy atom. The van der Waals surface area contributed by atoms with E-state index >= 15 is 0 Å². The van der Waals surface area contributed by atoms with Crippen LogP contribution in [0.5, 0.6) is 0 Å². The summed E-state index contributed by atoms with van der Waals surface area (Å²) in [6.45, 7) is 5.22. The fourth-order valence-electron chi connectivity index (χ4n) is 3.50. The summed E-state index contributed by atoms with van der Waals surface area (Å²) in [6.07, 6.45) is 5.23. The first kappa shape index (κ1) is 19.1. The number of nitrogens with one attached hydrogen (secondary N) is 1. The van der Waals surface area contributed by atoms with Gasteiger partial charge in [-0.05, 0) is 20.0 Å². The Morgan fingerprint density at radius 1 is 1.10 bits per heavy atom. The number of aromatic nitrogens is 2. The van der Waals surface area contributed by atoms with Crippen LogP contribution in [-0.2, 0) is 4.79 Å². The molecule has 1 aliphatic heterocycles. The Labute approximate surface area is 170 Å². The van der Waals surface area contributed by atoms with Gasteiger partial charge in [-0.15, -0.1) is 0 Å². The van der Waals surface area contributed by atoms with Gasteiger partial charge in [0.1, 0.15) is 0 Å². The van der Waals surface area contributed by atoms with Gasteiger partial charge < -0.3 is 19.5 Å². The molecule has 0 unspecified atom stereocenters. The number of aryl methyl sites for hydroxylation is 1. The fraction of sp³-hybridized carbons (Fsp3) is 0.318. The van der Waals surface area contributed by atoms with Crippen LogP contribution in [0.15, 0.2) is 53.5 Å². The van der Waals surface area contributed by atoms with Gasteiger partial charge in [-0.3, -0.25) is 4.79 Å². The first-order valence-corrected chi connectivity index (χ1v) is 9.79. The van der Waals surface area contributed by atoms with Gasteiger partial charge in [0.05, 0.1) is 24.8 Å². The monoisotopic (exact) mass is 391 g/mol. The van der Waals surface area contributed by atoms with Gasteiger partial charge in [-0.2, -0.15) is 0 Å². The Bertz CT molecular complexity index is 961. The molecule has 1 N–H and O–H groups in total. The molecule has 3 aromatic rings. The molecule has 7 heteroatoms. The van der Waals surface area contributed by atoms with Crippen molar-refractivity contribution in [1.82, 2.24) is 20.2 Å². The molecule has 1 fully saturated rings. The molecule has 0 atom stereocenters. The van der Waals surface area contributed by atoms with Gasteiger partial charge in [0.2, 0.25) is 11.9 Å². The molecular formula is C22H25N5O2. The molecule has 0 spiro atoms. The van der Waals surface area contributed by atoms with Gasteiger partial charge in [0, 0.05) is 49.1 Å². The van der Waals surface area contributed by atoms with E-state index in [1.165, 1.54) is 5.56 Å². The van der Waals surface area contributed by atoms with E-state index in [2.05, 4.69) is 46.4 Å². The van der Waals surface area contributed by atoms with Crippen LogP contribution in [0.25, 0.3) is 22.4 Å². The Hall–Kier alpha value is -3.19. The standard InChI is InChI=1S/C22H25N5O2/c1-16-3-5-17(6-4-16)21-19(18-7-12-29-15-18)13-24-22(25-21)27-10-8-26(9-11-27)20(28)14-23-2/h3-7,12-13,15,23H,8-11,14H2,1-2H3. The number of carbonyl (C=O) groups is 1. The summed E-state index contributed by atoms with van der Waals surface area (Å²) in [6, 6.07) is 10.3. The smallest absolute Gasteiger partial charge is 0.236 e. The normalized spacial score (nSPS) is 14.3. The van der Waals surface area contributed by atoms with E-state index < -0.39 is 0 Å². The molecule has 4 rings (SSSR count). The molecule has 0 aliphatic carbocycles. The molecule has 0 bridgehead atoms. The maximum atomic E-state index is 12.1. The van der Waals surface area contributed by atoms with Gasteiger partial charge >= 0.3 is 0 Å². The third kappa shape index (κ3) is 4.14. The van der Waals surface area contributed by atoms with Crippen molar-refractivity contribution in [3.05, 3.63) is 54.6 Å².